The molecule has 1 aliphatic rings. The Hall–Kier alpha value is 0.350. The van der Waals surface area contributed by atoms with E-state index >= 15 is 0 Å². The van der Waals surface area contributed by atoms with Crippen molar-refractivity contribution in [3.63, 3.8) is 0 Å². The second-order valence-electron chi connectivity index (χ2n) is 4.01. The van der Waals surface area contributed by atoms with Crippen LogP contribution < -0.4 is 5.32 Å². The first kappa shape index (κ1) is 11.8. The molecular weight excluding hydrogens is 321 g/mol. The van der Waals surface area contributed by atoms with Crippen molar-refractivity contribution in [2.45, 2.75) is 38.5 Å². The Kier molecular flexibility index (Phi) is 4.42. The van der Waals surface area contributed by atoms with Gasteiger partial charge in [-0.05, 0) is 48.4 Å². The normalized spacial score (nSPS) is 26.8. The molecule has 1 aromatic rings. The van der Waals surface area contributed by atoms with Gasteiger partial charge in [0.1, 0.15) is 0 Å². The summed E-state index contributed by atoms with van der Waals surface area (Å²) in [6, 6.07) is 2.88. The van der Waals surface area contributed by atoms with Crippen molar-refractivity contribution in [2.75, 3.05) is 6.61 Å². The molecule has 2 rings (SSSR count). The van der Waals surface area contributed by atoms with Gasteiger partial charge in [0.05, 0.1) is 6.10 Å². The topological polar surface area (TPSA) is 21.3 Å². The Morgan fingerprint density at radius 3 is 3.20 bits per heavy atom. The van der Waals surface area contributed by atoms with Gasteiger partial charge in [-0.3, -0.25) is 0 Å². The Balaban J connectivity index is 1.77. The average molecular weight is 337 g/mol. The van der Waals surface area contributed by atoms with Crippen LogP contribution in [0.15, 0.2) is 11.4 Å². The van der Waals surface area contributed by atoms with Crippen LogP contribution in [0.3, 0.4) is 0 Å². The number of ether oxygens (including phenoxy) is 1. The van der Waals surface area contributed by atoms with Crippen molar-refractivity contribution in [3.8, 4) is 0 Å². The largest absolute Gasteiger partial charge is 0.378 e. The summed E-state index contributed by atoms with van der Waals surface area (Å²) in [4.78, 5) is 1.43. The summed E-state index contributed by atoms with van der Waals surface area (Å²) in [5.41, 5.74) is 0. The molecule has 0 spiro atoms. The third kappa shape index (κ3) is 3.69. The first-order valence-corrected chi connectivity index (χ1v) is 7.28. The molecule has 15 heavy (non-hydrogen) atoms. The standard InChI is InChI=1S/C11H16INOS/c1-8-4-10(2-3-14-8)13-6-11-5-9(12)7-15-11/h5,7-8,10,13H,2-4,6H2,1H3. The fourth-order valence-corrected chi connectivity index (χ4v) is 3.54. The van der Waals surface area contributed by atoms with Crippen molar-refractivity contribution in [1.82, 2.24) is 5.32 Å². The second-order valence-corrected chi connectivity index (χ2v) is 6.26. The molecule has 1 saturated heterocycles. The minimum absolute atomic E-state index is 0.416. The number of nitrogens with one attached hydrogen (secondary N) is 1. The first-order valence-electron chi connectivity index (χ1n) is 5.32. The third-order valence-electron chi connectivity index (χ3n) is 2.67. The van der Waals surface area contributed by atoms with Crippen molar-refractivity contribution in [3.05, 3.63) is 19.9 Å². The number of halogens is 1. The number of hydrogen-bond acceptors (Lipinski definition) is 3. The maximum absolute atomic E-state index is 5.53. The van der Waals surface area contributed by atoms with Gasteiger partial charge >= 0.3 is 0 Å². The van der Waals surface area contributed by atoms with Crippen molar-refractivity contribution in [1.29, 1.82) is 0 Å². The van der Waals surface area contributed by atoms with Gasteiger partial charge in [-0.15, -0.1) is 11.3 Å². The Labute approximate surface area is 109 Å². The van der Waals surface area contributed by atoms with Gasteiger partial charge in [-0.25, -0.2) is 0 Å². The van der Waals surface area contributed by atoms with Gasteiger partial charge in [-0.2, -0.15) is 0 Å². The minimum Gasteiger partial charge on any atom is -0.378 e. The number of hydrogen-bond donors (Lipinski definition) is 1. The Morgan fingerprint density at radius 1 is 1.67 bits per heavy atom. The lowest BCUT2D eigenvalue weighted by atomic mass is 10.0. The first-order chi connectivity index (χ1) is 7.24. The summed E-state index contributed by atoms with van der Waals surface area (Å²) in [6.45, 7) is 4.06. The Bertz CT molecular complexity index is 315. The molecule has 2 heterocycles. The van der Waals surface area contributed by atoms with E-state index in [-0.39, 0.29) is 0 Å². The smallest absolute Gasteiger partial charge is 0.0561 e. The lowest BCUT2D eigenvalue weighted by Gasteiger charge is -2.27. The summed E-state index contributed by atoms with van der Waals surface area (Å²) in [5.74, 6) is 0. The molecule has 0 aliphatic carbocycles. The van der Waals surface area contributed by atoms with E-state index in [1.807, 2.05) is 11.3 Å². The third-order valence-corrected chi connectivity index (χ3v) is 4.65. The molecule has 0 bridgehead atoms. The molecule has 1 aromatic heterocycles. The van der Waals surface area contributed by atoms with E-state index in [9.17, 15) is 0 Å². The summed E-state index contributed by atoms with van der Waals surface area (Å²) in [6.07, 6.45) is 2.70. The summed E-state index contributed by atoms with van der Waals surface area (Å²) >= 11 is 4.20. The molecule has 2 atom stereocenters. The predicted octanol–water partition coefficient (Wildman–Crippen LogP) is 3.01. The minimum atomic E-state index is 0.416. The molecule has 0 amide bonds. The van der Waals surface area contributed by atoms with Crippen LogP contribution in [0, 0.1) is 3.57 Å². The van der Waals surface area contributed by atoms with E-state index < -0.39 is 0 Å². The van der Waals surface area contributed by atoms with E-state index in [2.05, 4.69) is 46.3 Å². The van der Waals surface area contributed by atoms with E-state index in [4.69, 9.17) is 4.74 Å². The van der Waals surface area contributed by atoms with Gasteiger partial charge in [0, 0.05) is 33.0 Å². The fourth-order valence-electron chi connectivity index (χ4n) is 1.87. The number of rotatable bonds is 3. The molecule has 1 fully saturated rings. The molecule has 0 aromatic carbocycles. The van der Waals surface area contributed by atoms with Crippen LogP contribution in [-0.2, 0) is 11.3 Å². The van der Waals surface area contributed by atoms with Crippen molar-refractivity contribution >= 4 is 33.9 Å². The highest BCUT2D eigenvalue weighted by molar-refractivity contribution is 14.1. The van der Waals surface area contributed by atoms with Gasteiger partial charge in [-0.1, -0.05) is 0 Å². The summed E-state index contributed by atoms with van der Waals surface area (Å²) in [5, 5.41) is 5.81. The van der Waals surface area contributed by atoms with Gasteiger partial charge in [0.25, 0.3) is 0 Å². The van der Waals surface area contributed by atoms with Crippen LogP contribution in [0.4, 0.5) is 0 Å². The van der Waals surface area contributed by atoms with Crippen LogP contribution in [-0.4, -0.2) is 18.8 Å². The van der Waals surface area contributed by atoms with Gasteiger partial charge < -0.3 is 10.1 Å². The molecule has 84 valence electrons. The maximum atomic E-state index is 5.53. The molecule has 2 unspecified atom stereocenters. The van der Waals surface area contributed by atoms with Crippen LogP contribution in [0.25, 0.3) is 0 Å². The highest BCUT2D eigenvalue weighted by atomic mass is 127. The lowest BCUT2D eigenvalue weighted by Crippen LogP contribution is -2.37. The molecule has 0 radical (unpaired) electrons. The van der Waals surface area contributed by atoms with Crippen LogP contribution in [0.2, 0.25) is 0 Å². The van der Waals surface area contributed by atoms with Crippen LogP contribution >= 0.6 is 33.9 Å². The zero-order valence-electron chi connectivity index (χ0n) is 8.83. The van der Waals surface area contributed by atoms with E-state index in [1.54, 1.807) is 0 Å². The van der Waals surface area contributed by atoms with Crippen molar-refractivity contribution < 1.29 is 4.74 Å². The molecule has 1 aliphatic heterocycles. The van der Waals surface area contributed by atoms with E-state index in [0.29, 0.717) is 12.1 Å². The van der Waals surface area contributed by atoms with Crippen LogP contribution in [0.1, 0.15) is 24.6 Å². The maximum Gasteiger partial charge on any atom is 0.0561 e. The van der Waals surface area contributed by atoms with Crippen LogP contribution in [0.5, 0.6) is 0 Å². The van der Waals surface area contributed by atoms with E-state index in [1.165, 1.54) is 8.45 Å². The second kappa shape index (κ2) is 5.61. The lowest BCUT2D eigenvalue weighted by molar-refractivity contribution is 0.0131. The Morgan fingerprint density at radius 2 is 2.53 bits per heavy atom. The highest BCUT2D eigenvalue weighted by Gasteiger charge is 2.18. The highest BCUT2D eigenvalue weighted by Crippen LogP contribution is 2.18. The van der Waals surface area contributed by atoms with E-state index in [0.717, 1.165) is 26.0 Å². The van der Waals surface area contributed by atoms with Gasteiger partial charge in [0.15, 0.2) is 0 Å². The molecule has 4 heteroatoms. The quantitative estimate of drug-likeness (QED) is 0.857. The van der Waals surface area contributed by atoms with Crippen molar-refractivity contribution in [2.24, 2.45) is 0 Å². The molecule has 0 saturated carbocycles. The van der Waals surface area contributed by atoms with Gasteiger partial charge in [0.2, 0.25) is 0 Å². The SMILES string of the molecule is CC1CC(NCc2cc(I)cs2)CCO1. The average Bonchev–Trinajstić information content (AvgIpc) is 2.62. The monoisotopic (exact) mass is 337 g/mol. The number of thiophene rings is 1. The fraction of sp³-hybridized carbons (Fsp3) is 0.636. The molecule has 1 N–H and O–H groups in total. The summed E-state index contributed by atoms with van der Waals surface area (Å²) < 4.78 is 6.87. The molecule has 2 nitrogen and oxygen atoms in total. The zero-order chi connectivity index (χ0) is 10.7. The summed E-state index contributed by atoms with van der Waals surface area (Å²) in [7, 11) is 0. The zero-order valence-corrected chi connectivity index (χ0v) is 11.8. The predicted molar refractivity (Wildman–Crippen MR) is 72.3 cm³/mol. The molecular formula is C11H16INOS.